The number of phenols is 1. The van der Waals surface area contributed by atoms with E-state index in [0.29, 0.717) is 6.42 Å². The number of nitrogens with two attached hydrogens (primary N) is 1. The number of imide groups is 1. The number of alkyl halides is 1. The highest BCUT2D eigenvalue weighted by atomic mass is 35.5. The fourth-order valence-electron chi connectivity index (χ4n) is 3.96. The number of rotatable bonds is 16. The van der Waals surface area contributed by atoms with Gasteiger partial charge < -0.3 is 21.5 Å². The molecule has 2 aromatic rings. The Hall–Kier alpha value is -3.80. The molecule has 0 aliphatic rings. The number of ketones is 1. The second-order valence-electron chi connectivity index (χ2n) is 10.1. The number of halogens is 1. The molecule has 0 aliphatic carbocycles. The van der Waals surface area contributed by atoms with E-state index in [1.807, 2.05) is 44.2 Å². The number of nitrogens with one attached hydrogen (secondary N) is 4. The fourth-order valence-corrected chi connectivity index (χ4v) is 4.15. The van der Waals surface area contributed by atoms with Gasteiger partial charge in [-0.2, -0.15) is 0 Å². The molecular formula is C29H38ClN5O6. The van der Waals surface area contributed by atoms with E-state index in [-0.39, 0.29) is 36.2 Å². The normalized spacial score (nSPS) is 13.1. The molecule has 12 heteroatoms. The van der Waals surface area contributed by atoms with Crippen molar-refractivity contribution in [1.29, 1.82) is 0 Å². The molecule has 2 rings (SSSR count). The molecule has 0 spiro atoms. The smallest absolute Gasteiger partial charge is 0.245 e. The lowest BCUT2D eigenvalue weighted by Gasteiger charge is -2.25. The summed E-state index contributed by atoms with van der Waals surface area (Å²) in [6, 6.07) is 12.8. The molecule has 0 saturated heterocycles. The summed E-state index contributed by atoms with van der Waals surface area (Å²) in [7, 11) is 0. The average Bonchev–Trinajstić information content (AvgIpc) is 2.94. The maximum absolute atomic E-state index is 13.1. The van der Waals surface area contributed by atoms with Gasteiger partial charge in [0.25, 0.3) is 0 Å². The van der Waals surface area contributed by atoms with Crippen molar-refractivity contribution in [1.82, 2.24) is 21.3 Å². The van der Waals surface area contributed by atoms with Gasteiger partial charge in [0.2, 0.25) is 23.6 Å². The van der Waals surface area contributed by atoms with Crippen molar-refractivity contribution in [3.63, 3.8) is 0 Å². The zero-order chi connectivity index (χ0) is 30.4. The number of phenolic OH excluding ortho intramolecular Hbond substituents is 1. The van der Waals surface area contributed by atoms with Gasteiger partial charge in [0.1, 0.15) is 5.75 Å². The lowest BCUT2D eigenvalue weighted by Crippen LogP contribution is -2.54. The van der Waals surface area contributed by atoms with E-state index < -0.39 is 54.8 Å². The van der Waals surface area contributed by atoms with Gasteiger partial charge in [0.05, 0.1) is 37.1 Å². The Kier molecular flexibility index (Phi) is 13.9. The number of amides is 4. The van der Waals surface area contributed by atoms with Crippen LogP contribution < -0.4 is 27.0 Å². The van der Waals surface area contributed by atoms with Crippen LogP contribution in [0.15, 0.2) is 54.6 Å². The summed E-state index contributed by atoms with van der Waals surface area (Å²) < 4.78 is 0. The molecular weight excluding hydrogens is 550 g/mol. The molecule has 7 N–H and O–H groups in total. The van der Waals surface area contributed by atoms with E-state index in [4.69, 9.17) is 17.3 Å². The fraction of sp³-hybridized carbons (Fsp3) is 0.414. The average molecular weight is 588 g/mol. The van der Waals surface area contributed by atoms with Crippen molar-refractivity contribution in [2.24, 2.45) is 11.7 Å². The van der Waals surface area contributed by atoms with Gasteiger partial charge in [-0.05, 0) is 48.4 Å². The van der Waals surface area contributed by atoms with E-state index in [9.17, 15) is 29.1 Å². The summed E-state index contributed by atoms with van der Waals surface area (Å²) in [5.74, 6) is -2.86. The summed E-state index contributed by atoms with van der Waals surface area (Å²) in [6.45, 7) is 2.97. The van der Waals surface area contributed by atoms with Crippen LogP contribution >= 0.6 is 11.6 Å². The number of carbonyl (C=O) groups is 5. The molecule has 0 saturated carbocycles. The summed E-state index contributed by atoms with van der Waals surface area (Å²) in [5.41, 5.74) is 7.44. The highest BCUT2D eigenvalue weighted by Gasteiger charge is 2.28. The molecule has 3 atom stereocenters. The summed E-state index contributed by atoms with van der Waals surface area (Å²) >= 11 is 5.79. The SMILES string of the molecule is CC(C)CC(NC(Cc1ccccc1)C(=O)NC(=O)CNC(=O)CNC(=O)C(N)Cc1ccc(O)cc1)C(=O)CCl. The number of hydrogen-bond acceptors (Lipinski definition) is 8. The molecule has 2 aromatic carbocycles. The number of carbonyl (C=O) groups excluding carboxylic acids is 5. The predicted molar refractivity (Wildman–Crippen MR) is 155 cm³/mol. The van der Waals surface area contributed by atoms with E-state index in [0.717, 1.165) is 11.1 Å². The number of aromatic hydroxyl groups is 1. The molecule has 222 valence electrons. The third-order valence-corrected chi connectivity index (χ3v) is 6.35. The van der Waals surface area contributed by atoms with Gasteiger partial charge >= 0.3 is 0 Å². The summed E-state index contributed by atoms with van der Waals surface area (Å²) in [4.78, 5) is 62.3. The van der Waals surface area contributed by atoms with Gasteiger partial charge in [-0.25, -0.2) is 0 Å². The largest absolute Gasteiger partial charge is 0.508 e. The topological polar surface area (TPSA) is 180 Å². The van der Waals surface area contributed by atoms with Crippen molar-refractivity contribution < 1.29 is 29.1 Å². The minimum atomic E-state index is -0.924. The number of hydrogen-bond donors (Lipinski definition) is 6. The van der Waals surface area contributed by atoms with E-state index >= 15 is 0 Å². The Balaban J connectivity index is 1.88. The zero-order valence-corrected chi connectivity index (χ0v) is 23.9. The Morgan fingerprint density at radius 3 is 2.02 bits per heavy atom. The third kappa shape index (κ3) is 12.5. The first-order chi connectivity index (χ1) is 19.5. The van der Waals surface area contributed by atoms with Crippen LogP contribution in [0.5, 0.6) is 5.75 Å². The summed E-state index contributed by atoms with van der Waals surface area (Å²) in [6.07, 6.45) is 0.871. The van der Waals surface area contributed by atoms with Crippen molar-refractivity contribution in [2.45, 2.75) is 51.2 Å². The lowest BCUT2D eigenvalue weighted by atomic mass is 9.98. The molecule has 0 bridgehead atoms. The van der Waals surface area contributed by atoms with Crippen molar-refractivity contribution >= 4 is 41.0 Å². The molecule has 0 heterocycles. The van der Waals surface area contributed by atoms with E-state index in [1.165, 1.54) is 12.1 Å². The van der Waals surface area contributed by atoms with Crippen LogP contribution in [0.3, 0.4) is 0 Å². The molecule has 4 amide bonds. The Morgan fingerprint density at radius 2 is 1.41 bits per heavy atom. The molecule has 41 heavy (non-hydrogen) atoms. The molecule has 11 nitrogen and oxygen atoms in total. The van der Waals surface area contributed by atoms with Gasteiger partial charge in [-0.3, -0.25) is 34.6 Å². The van der Waals surface area contributed by atoms with Crippen molar-refractivity contribution in [3.05, 3.63) is 65.7 Å². The van der Waals surface area contributed by atoms with E-state index in [2.05, 4.69) is 21.3 Å². The van der Waals surface area contributed by atoms with Crippen molar-refractivity contribution in [3.8, 4) is 5.75 Å². The van der Waals surface area contributed by atoms with Gasteiger partial charge in [-0.15, -0.1) is 11.6 Å². The molecule has 0 fully saturated rings. The molecule has 0 aromatic heterocycles. The van der Waals surface area contributed by atoms with Crippen LogP contribution in [0, 0.1) is 5.92 Å². The molecule has 3 unspecified atom stereocenters. The van der Waals surface area contributed by atoms with Crippen LogP contribution in [-0.2, 0) is 36.8 Å². The highest BCUT2D eigenvalue weighted by Crippen LogP contribution is 2.12. The molecule has 0 aliphatic heterocycles. The van der Waals surface area contributed by atoms with Crippen LogP contribution in [0.25, 0.3) is 0 Å². The first-order valence-electron chi connectivity index (χ1n) is 13.3. The zero-order valence-electron chi connectivity index (χ0n) is 23.2. The monoisotopic (exact) mass is 587 g/mol. The van der Waals surface area contributed by atoms with Crippen molar-refractivity contribution in [2.75, 3.05) is 19.0 Å². The number of benzene rings is 2. The second kappa shape index (κ2) is 17.1. The third-order valence-electron chi connectivity index (χ3n) is 6.09. The van der Waals surface area contributed by atoms with Gasteiger partial charge in [-0.1, -0.05) is 56.3 Å². The number of Topliss-reactive ketones (excluding diaryl/α,β-unsaturated/α-hetero) is 1. The van der Waals surface area contributed by atoms with Gasteiger partial charge in [0, 0.05) is 0 Å². The maximum Gasteiger partial charge on any atom is 0.245 e. The Labute approximate surface area is 244 Å². The first kappa shape index (κ1) is 33.4. The minimum absolute atomic E-state index is 0.0916. The Morgan fingerprint density at radius 1 is 0.805 bits per heavy atom. The summed E-state index contributed by atoms with van der Waals surface area (Å²) in [5, 5.41) is 19.4. The van der Waals surface area contributed by atoms with Crippen LogP contribution in [0.1, 0.15) is 31.4 Å². The molecule has 0 radical (unpaired) electrons. The lowest BCUT2D eigenvalue weighted by molar-refractivity contribution is -0.133. The maximum atomic E-state index is 13.1. The quantitative estimate of drug-likeness (QED) is 0.154. The standard InChI is InChI=1S/C29H38ClN5O6/c1-18(2)12-23(25(37)15-30)34-24(14-19-6-4-3-5-7-19)29(41)35-27(39)17-32-26(38)16-33-28(40)22(31)13-20-8-10-21(36)11-9-20/h3-11,18,22-24,34,36H,12-17,31H2,1-2H3,(H,32,38)(H,33,40)(H,35,39,41). The highest BCUT2D eigenvalue weighted by molar-refractivity contribution is 6.28. The predicted octanol–water partition coefficient (Wildman–Crippen LogP) is 0.561. The van der Waals surface area contributed by atoms with Gasteiger partial charge in [0.15, 0.2) is 5.78 Å². The first-order valence-corrected chi connectivity index (χ1v) is 13.8. The van der Waals surface area contributed by atoms with Crippen LogP contribution in [0.2, 0.25) is 0 Å². The van der Waals surface area contributed by atoms with E-state index in [1.54, 1.807) is 12.1 Å². The second-order valence-corrected chi connectivity index (χ2v) is 10.3. The van der Waals surface area contributed by atoms with Crippen LogP contribution in [-0.4, -0.2) is 71.6 Å². The Bertz CT molecular complexity index is 1180. The minimum Gasteiger partial charge on any atom is -0.508 e. The van der Waals surface area contributed by atoms with Crippen LogP contribution in [0.4, 0.5) is 0 Å².